The van der Waals surface area contributed by atoms with Crippen molar-refractivity contribution < 1.29 is 0 Å². The van der Waals surface area contributed by atoms with Crippen molar-refractivity contribution in [3.05, 3.63) is 237 Å². The first-order valence-electron chi connectivity index (χ1n) is 20.9. The summed E-state index contributed by atoms with van der Waals surface area (Å²) in [6.45, 7) is 8.07. The van der Waals surface area contributed by atoms with Gasteiger partial charge in [-0.1, -0.05) is 177 Å². The molecule has 11 aromatic rings. The first-order chi connectivity index (χ1) is 30.7. The van der Waals surface area contributed by atoms with E-state index in [4.69, 9.17) is 9.97 Å². The minimum absolute atomic E-state index is 0.587. The molecule has 4 nitrogen and oxygen atoms in total. The molecule has 0 N–H and O–H groups in total. The number of rotatable bonds is 9. The molecule has 0 unspecified atom stereocenters. The van der Waals surface area contributed by atoms with E-state index in [2.05, 4.69) is 204 Å². The molecule has 0 fully saturated rings. The molecular formula is C58H40N4. The highest BCUT2D eigenvalue weighted by Crippen LogP contribution is 2.45. The first kappa shape index (κ1) is 36.7. The van der Waals surface area contributed by atoms with Crippen LogP contribution in [0.5, 0.6) is 0 Å². The van der Waals surface area contributed by atoms with Gasteiger partial charge in [0.05, 0.1) is 39.1 Å². The molecule has 292 valence electrons. The Morgan fingerprint density at radius 2 is 0.855 bits per heavy atom. The Bertz CT molecular complexity index is 3420. The largest absolute Gasteiger partial charge is 0.309 e. The number of hydrogen-bond donors (Lipinski definition) is 0. The fourth-order valence-electron chi connectivity index (χ4n) is 9.08. The number of benzene rings is 8. The summed E-state index contributed by atoms with van der Waals surface area (Å²) in [5.74, 6) is 0.587. The Balaban J connectivity index is 1.22. The van der Waals surface area contributed by atoms with Gasteiger partial charge < -0.3 is 9.13 Å². The lowest BCUT2D eigenvalue weighted by atomic mass is 9.91. The summed E-state index contributed by atoms with van der Waals surface area (Å²) in [6.07, 6.45) is 5.45. The number of nitrogens with zero attached hydrogens (tertiary/aromatic N) is 4. The van der Waals surface area contributed by atoms with E-state index in [-0.39, 0.29) is 0 Å². The molecule has 3 heterocycles. The van der Waals surface area contributed by atoms with Crippen LogP contribution in [0.3, 0.4) is 0 Å². The quantitative estimate of drug-likeness (QED) is 0.137. The lowest BCUT2D eigenvalue weighted by molar-refractivity contribution is 1.13. The summed E-state index contributed by atoms with van der Waals surface area (Å²) < 4.78 is 4.87. The normalized spacial score (nSPS) is 11.8. The zero-order valence-electron chi connectivity index (χ0n) is 34.0. The predicted octanol–water partition coefficient (Wildman–Crippen LogP) is 15.1. The van der Waals surface area contributed by atoms with Gasteiger partial charge in [0.15, 0.2) is 5.82 Å². The molecule has 0 amide bonds. The number of aromatic nitrogens is 4. The van der Waals surface area contributed by atoms with Crippen molar-refractivity contribution >= 4 is 49.2 Å². The van der Waals surface area contributed by atoms with Crippen LogP contribution < -0.4 is 0 Å². The van der Waals surface area contributed by atoms with Gasteiger partial charge in [0.2, 0.25) is 0 Å². The SMILES string of the molecule is C=C/C=C(\C=C)c1nc(-c2ccccc2)cc(-c2cc(-c3ccccc3)c(-n3c4ccccc4c4cc(-n5c6ccccc6c6ccccc65)ccc43)c(-c3ccccc3)c2)n1. The second-order valence-electron chi connectivity index (χ2n) is 15.5. The third-order valence-electron chi connectivity index (χ3n) is 11.9. The molecule has 0 spiro atoms. The van der Waals surface area contributed by atoms with E-state index in [9.17, 15) is 0 Å². The fourth-order valence-corrected chi connectivity index (χ4v) is 9.08. The Morgan fingerprint density at radius 1 is 0.403 bits per heavy atom. The monoisotopic (exact) mass is 792 g/mol. The van der Waals surface area contributed by atoms with E-state index in [0.717, 1.165) is 72.7 Å². The second-order valence-corrected chi connectivity index (χ2v) is 15.5. The number of fused-ring (bicyclic) bond motifs is 6. The van der Waals surface area contributed by atoms with Crippen molar-refractivity contribution in [3.8, 4) is 56.1 Å². The Labute approximate surface area is 360 Å². The van der Waals surface area contributed by atoms with E-state index in [1.54, 1.807) is 12.2 Å². The van der Waals surface area contributed by atoms with Crippen LogP contribution in [0.15, 0.2) is 232 Å². The van der Waals surface area contributed by atoms with Gasteiger partial charge in [-0.15, -0.1) is 0 Å². The molecule has 0 bridgehead atoms. The highest BCUT2D eigenvalue weighted by Gasteiger charge is 2.23. The highest BCUT2D eigenvalue weighted by molar-refractivity contribution is 6.13. The molecule has 62 heavy (non-hydrogen) atoms. The molecular weight excluding hydrogens is 753 g/mol. The first-order valence-corrected chi connectivity index (χ1v) is 20.9. The number of hydrogen-bond acceptors (Lipinski definition) is 2. The third-order valence-corrected chi connectivity index (χ3v) is 11.9. The van der Waals surface area contributed by atoms with Gasteiger partial charge in [-0.2, -0.15) is 0 Å². The van der Waals surface area contributed by atoms with Gasteiger partial charge >= 0.3 is 0 Å². The van der Waals surface area contributed by atoms with Crippen molar-refractivity contribution in [1.29, 1.82) is 0 Å². The van der Waals surface area contributed by atoms with E-state index in [1.807, 2.05) is 24.3 Å². The molecule has 0 radical (unpaired) electrons. The van der Waals surface area contributed by atoms with E-state index in [1.165, 1.54) is 32.6 Å². The van der Waals surface area contributed by atoms with Gasteiger partial charge in [-0.05, 0) is 65.7 Å². The van der Waals surface area contributed by atoms with Crippen molar-refractivity contribution in [1.82, 2.24) is 19.1 Å². The lowest BCUT2D eigenvalue weighted by Gasteiger charge is -2.21. The summed E-state index contributed by atoms with van der Waals surface area (Å²) in [7, 11) is 0. The van der Waals surface area contributed by atoms with Crippen LogP contribution in [0, 0.1) is 0 Å². The van der Waals surface area contributed by atoms with Crippen LogP contribution >= 0.6 is 0 Å². The molecule has 0 aliphatic carbocycles. The predicted molar refractivity (Wildman–Crippen MR) is 261 cm³/mol. The highest BCUT2D eigenvalue weighted by atomic mass is 15.0. The molecule has 0 saturated heterocycles. The van der Waals surface area contributed by atoms with Crippen molar-refractivity contribution in [2.75, 3.05) is 0 Å². The summed E-state index contributed by atoms with van der Waals surface area (Å²) >= 11 is 0. The summed E-state index contributed by atoms with van der Waals surface area (Å²) in [5, 5.41) is 4.86. The Kier molecular flexibility index (Phi) is 9.10. The Morgan fingerprint density at radius 3 is 1.39 bits per heavy atom. The molecule has 0 atom stereocenters. The lowest BCUT2D eigenvalue weighted by Crippen LogP contribution is -2.03. The van der Waals surface area contributed by atoms with Crippen LogP contribution in [0.2, 0.25) is 0 Å². The van der Waals surface area contributed by atoms with Gasteiger partial charge in [0, 0.05) is 55.1 Å². The van der Waals surface area contributed by atoms with E-state index in [0.29, 0.717) is 5.82 Å². The third kappa shape index (κ3) is 6.16. The summed E-state index contributed by atoms with van der Waals surface area (Å²) in [6, 6.07) is 71.5. The van der Waals surface area contributed by atoms with Gasteiger partial charge in [0.25, 0.3) is 0 Å². The van der Waals surface area contributed by atoms with Crippen molar-refractivity contribution in [2.45, 2.75) is 0 Å². The maximum Gasteiger partial charge on any atom is 0.160 e. The molecule has 8 aromatic carbocycles. The molecule has 3 aromatic heterocycles. The molecule has 4 heteroatoms. The van der Waals surface area contributed by atoms with Gasteiger partial charge in [-0.25, -0.2) is 9.97 Å². The van der Waals surface area contributed by atoms with Gasteiger partial charge in [0.1, 0.15) is 0 Å². The zero-order chi connectivity index (χ0) is 41.6. The summed E-state index contributed by atoms with van der Waals surface area (Å²) in [5.41, 5.74) is 15.6. The number of para-hydroxylation sites is 3. The summed E-state index contributed by atoms with van der Waals surface area (Å²) in [4.78, 5) is 10.3. The van der Waals surface area contributed by atoms with Crippen molar-refractivity contribution in [3.63, 3.8) is 0 Å². The molecule has 11 rings (SSSR count). The van der Waals surface area contributed by atoms with Crippen LogP contribution in [0.4, 0.5) is 0 Å². The van der Waals surface area contributed by atoms with E-state index >= 15 is 0 Å². The number of allylic oxidation sites excluding steroid dienone is 4. The Hall–Kier alpha value is -8.34. The topological polar surface area (TPSA) is 35.6 Å². The zero-order valence-corrected chi connectivity index (χ0v) is 34.0. The van der Waals surface area contributed by atoms with Crippen LogP contribution in [0.1, 0.15) is 5.82 Å². The molecule has 0 aliphatic heterocycles. The fraction of sp³-hybridized carbons (Fsp3) is 0. The average Bonchev–Trinajstić information content (AvgIpc) is 3.86. The van der Waals surface area contributed by atoms with Gasteiger partial charge in [-0.3, -0.25) is 0 Å². The van der Waals surface area contributed by atoms with E-state index < -0.39 is 0 Å². The molecule has 0 aliphatic rings. The minimum Gasteiger partial charge on any atom is -0.309 e. The second kappa shape index (κ2) is 15.4. The minimum atomic E-state index is 0.587. The van der Waals surface area contributed by atoms with Crippen LogP contribution in [-0.2, 0) is 0 Å². The average molecular weight is 793 g/mol. The standard InChI is InChI=1S/C58H40N4/c1-3-20-39(4-2)58-59-51(42-25-12-7-13-26-42)38-52(60-58)43-35-48(40-21-8-5-9-22-40)57(49(36-43)41-23-10-6-11-24-41)62-55-32-19-16-29-47(55)50-37-44(33-34-56(50)62)61-53-30-17-14-27-45(53)46-28-15-18-31-54(46)61/h3-38H,1-2H2/b39-20+. The maximum atomic E-state index is 5.25. The molecule has 0 saturated carbocycles. The maximum absolute atomic E-state index is 5.25. The van der Waals surface area contributed by atoms with Crippen molar-refractivity contribution in [2.24, 2.45) is 0 Å². The smallest absolute Gasteiger partial charge is 0.160 e. The van der Waals surface area contributed by atoms with Crippen LogP contribution in [-0.4, -0.2) is 19.1 Å². The van der Waals surface area contributed by atoms with Crippen LogP contribution in [0.25, 0.3) is 105 Å².